The van der Waals surface area contributed by atoms with Crippen LogP contribution in [0.4, 0.5) is 0 Å². The Balaban J connectivity index is 2.74. The molecule has 0 aliphatic carbocycles. The lowest BCUT2D eigenvalue weighted by molar-refractivity contribution is 0.273. The molecule has 0 aliphatic heterocycles. The first-order valence-electron chi connectivity index (χ1n) is 6.63. The van der Waals surface area contributed by atoms with Gasteiger partial charge in [-0.3, -0.25) is 4.90 Å². The molecular weight excluding hydrogens is 290 g/mol. The molecule has 0 fully saturated rings. The maximum atomic E-state index is 5.45. The van der Waals surface area contributed by atoms with Crippen LogP contribution in [0.3, 0.4) is 0 Å². The van der Waals surface area contributed by atoms with Crippen LogP contribution in [0.5, 0.6) is 5.75 Å². The van der Waals surface area contributed by atoms with E-state index in [4.69, 9.17) is 4.74 Å². The Morgan fingerprint density at radius 3 is 2.67 bits per heavy atom. The Kier molecular flexibility index (Phi) is 7.36. The smallest absolute Gasteiger partial charge is 0.123 e. The molecule has 0 unspecified atom stereocenters. The molecule has 1 aromatic rings. The van der Waals surface area contributed by atoms with Gasteiger partial charge in [-0.05, 0) is 26.0 Å². The van der Waals surface area contributed by atoms with Crippen LogP contribution in [0.25, 0.3) is 0 Å². The second kappa shape index (κ2) is 8.54. The standard InChI is InChI=1S/C15H24BrNO/c1-4-5-9-17(10-8-16)12-14-11-13(2)6-7-15(14)18-3/h6-7,11H,4-5,8-10,12H2,1-3H3. The van der Waals surface area contributed by atoms with E-state index in [1.54, 1.807) is 7.11 Å². The van der Waals surface area contributed by atoms with Crippen LogP contribution in [0, 0.1) is 6.92 Å². The van der Waals surface area contributed by atoms with Gasteiger partial charge in [0.1, 0.15) is 5.75 Å². The third-order valence-electron chi connectivity index (χ3n) is 3.06. The van der Waals surface area contributed by atoms with Gasteiger partial charge in [0.25, 0.3) is 0 Å². The molecule has 0 saturated carbocycles. The normalized spacial score (nSPS) is 10.9. The highest BCUT2D eigenvalue weighted by Crippen LogP contribution is 2.21. The largest absolute Gasteiger partial charge is 0.496 e. The summed E-state index contributed by atoms with van der Waals surface area (Å²) < 4.78 is 5.45. The number of nitrogens with zero attached hydrogens (tertiary/aromatic N) is 1. The lowest BCUT2D eigenvalue weighted by Gasteiger charge is -2.22. The minimum atomic E-state index is 0.969. The molecule has 1 rings (SSSR count). The zero-order chi connectivity index (χ0) is 13.4. The van der Waals surface area contributed by atoms with E-state index in [1.165, 1.54) is 24.0 Å². The minimum Gasteiger partial charge on any atom is -0.496 e. The molecule has 0 aliphatic rings. The second-order valence-electron chi connectivity index (χ2n) is 4.63. The molecule has 0 spiro atoms. The van der Waals surface area contributed by atoms with E-state index in [-0.39, 0.29) is 0 Å². The van der Waals surface area contributed by atoms with Gasteiger partial charge in [-0.15, -0.1) is 0 Å². The molecule has 18 heavy (non-hydrogen) atoms. The Labute approximate surface area is 119 Å². The quantitative estimate of drug-likeness (QED) is 0.673. The fourth-order valence-corrected chi connectivity index (χ4v) is 2.54. The Morgan fingerprint density at radius 2 is 2.06 bits per heavy atom. The van der Waals surface area contributed by atoms with Crippen LogP contribution >= 0.6 is 15.9 Å². The van der Waals surface area contributed by atoms with Crippen LogP contribution < -0.4 is 4.74 Å². The summed E-state index contributed by atoms with van der Waals surface area (Å²) in [5.41, 5.74) is 2.58. The van der Waals surface area contributed by atoms with E-state index in [0.717, 1.165) is 30.7 Å². The fourth-order valence-electron chi connectivity index (χ4n) is 2.04. The summed E-state index contributed by atoms with van der Waals surface area (Å²) in [6.45, 7) is 7.57. The van der Waals surface area contributed by atoms with Crippen molar-refractivity contribution in [1.29, 1.82) is 0 Å². The SMILES string of the molecule is CCCCN(CCBr)Cc1cc(C)ccc1OC. The summed E-state index contributed by atoms with van der Waals surface area (Å²) >= 11 is 3.53. The fraction of sp³-hybridized carbons (Fsp3) is 0.600. The molecular formula is C15H24BrNO. The van der Waals surface area contributed by atoms with Gasteiger partial charge in [0, 0.05) is 24.0 Å². The molecule has 0 atom stereocenters. The van der Waals surface area contributed by atoms with Gasteiger partial charge in [0.15, 0.2) is 0 Å². The molecule has 0 N–H and O–H groups in total. The number of rotatable bonds is 8. The van der Waals surface area contributed by atoms with Crippen LogP contribution in [0.1, 0.15) is 30.9 Å². The van der Waals surface area contributed by atoms with E-state index in [2.05, 4.69) is 52.9 Å². The van der Waals surface area contributed by atoms with Crippen LogP contribution in [0.15, 0.2) is 18.2 Å². The number of halogens is 1. The van der Waals surface area contributed by atoms with Crippen molar-refractivity contribution in [3.8, 4) is 5.75 Å². The number of benzene rings is 1. The molecule has 0 heterocycles. The van der Waals surface area contributed by atoms with Gasteiger partial charge in [0.05, 0.1) is 7.11 Å². The number of unbranched alkanes of at least 4 members (excludes halogenated alkanes) is 1. The average molecular weight is 314 g/mol. The van der Waals surface area contributed by atoms with Gasteiger partial charge < -0.3 is 4.74 Å². The first kappa shape index (κ1) is 15.5. The lowest BCUT2D eigenvalue weighted by Crippen LogP contribution is -2.26. The van der Waals surface area contributed by atoms with Crippen molar-refractivity contribution in [2.75, 3.05) is 25.5 Å². The maximum Gasteiger partial charge on any atom is 0.123 e. The number of ether oxygens (including phenoxy) is 1. The average Bonchev–Trinajstić information content (AvgIpc) is 2.36. The Bertz CT molecular complexity index is 354. The first-order chi connectivity index (χ1) is 8.71. The zero-order valence-corrected chi connectivity index (χ0v) is 13.3. The molecule has 0 saturated heterocycles. The third-order valence-corrected chi connectivity index (χ3v) is 3.41. The zero-order valence-electron chi connectivity index (χ0n) is 11.7. The minimum absolute atomic E-state index is 0.969. The first-order valence-corrected chi connectivity index (χ1v) is 7.75. The molecule has 0 aromatic heterocycles. The number of aryl methyl sites for hydroxylation is 1. The van der Waals surface area contributed by atoms with Crippen LogP contribution in [0.2, 0.25) is 0 Å². The predicted octanol–water partition coefficient (Wildman–Crippen LogP) is 4.00. The van der Waals surface area contributed by atoms with E-state index in [1.807, 2.05) is 0 Å². The van der Waals surface area contributed by atoms with Crippen LogP contribution in [-0.4, -0.2) is 30.4 Å². The third kappa shape index (κ3) is 4.99. The predicted molar refractivity (Wildman–Crippen MR) is 81.7 cm³/mol. The molecule has 1 aromatic carbocycles. The van der Waals surface area contributed by atoms with Gasteiger partial charge in [-0.1, -0.05) is 47.0 Å². The monoisotopic (exact) mass is 313 g/mol. The number of hydrogen-bond acceptors (Lipinski definition) is 2. The Morgan fingerprint density at radius 1 is 1.28 bits per heavy atom. The molecule has 0 amide bonds. The van der Waals surface area contributed by atoms with Crippen molar-refractivity contribution in [2.45, 2.75) is 33.2 Å². The molecule has 102 valence electrons. The highest BCUT2D eigenvalue weighted by Gasteiger charge is 2.09. The molecule has 3 heteroatoms. The summed E-state index contributed by atoms with van der Waals surface area (Å²) in [4.78, 5) is 2.48. The maximum absolute atomic E-state index is 5.45. The molecule has 0 bridgehead atoms. The number of alkyl halides is 1. The van der Waals surface area contributed by atoms with Crippen molar-refractivity contribution in [3.05, 3.63) is 29.3 Å². The van der Waals surface area contributed by atoms with Crippen molar-refractivity contribution in [2.24, 2.45) is 0 Å². The van der Waals surface area contributed by atoms with E-state index in [9.17, 15) is 0 Å². The van der Waals surface area contributed by atoms with Gasteiger partial charge >= 0.3 is 0 Å². The van der Waals surface area contributed by atoms with Crippen molar-refractivity contribution in [3.63, 3.8) is 0 Å². The van der Waals surface area contributed by atoms with E-state index in [0.29, 0.717) is 0 Å². The summed E-state index contributed by atoms with van der Waals surface area (Å²) in [6, 6.07) is 6.39. The van der Waals surface area contributed by atoms with Crippen molar-refractivity contribution in [1.82, 2.24) is 4.90 Å². The van der Waals surface area contributed by atoms with Crippen molar-refractivity contribution >= 4 is 15.9 Å². The molecule has 0 radical (unpaired) electrons. The summed E-state index contributed by atoms with van der Waals surface area (Å²) in [5.74, 6) is 0.997. The van der Waals surface area contributed by atoms with E-state index < -0.39 is 0 Å². The van der Waals surface area contributed by atoms with Gasteiger partial charge in [-0.2, -0.15) is 0 Å². The van der Waals surface area contributed by atoms with E-state index >= 15 is 0 Å². The summed E-state index contributed by atoms with van der Waals surface area (Å²) in [5, 5.41) is 1.02. The topological polar surface area (TPSA) is 12.5 Å². The summed E-state index contributed by atoms with van der Waals surface area (Å²) in [6.07, 6.45) is 2.49. The van der Waals surface area contributed by atoms with Gasteiger partial charge in [-0.25, -0.2) is 0 Å². The molecule has 2 nitrogen and oxygen atoms in total. The highest BCUT2D eigenvalue weighted by atomic mass is 79.9. The van der Waals surface area contributed by atoms with Crippen LogP contribution in [-0.2, 0) is 6.54 Å². The highest BCUT2D eigenvalue weighted by molar-refractivity contribution is 9.09. The number of hydrogen-bond donors (Lipinski definition) is 0. The number of methoxy groups -OCH3 is 1. The van der Waals surface area contributed by atoms with Gasteiger partial charge in [0.2, 0.25) is 0 Å². The summed E-state index contributed by atoms with van der Waals surface area (Å²) in [7, 11) is 1.75. The second-order valence-corrected chi connectivity index (χ2v) is 5.43. The Hall–Kier alpha value is -0.540. The lowest BCUT2D eigenvalue weighted by atomic mass is 10.1. The van der Waals surface area contributed by atoms with Crippen molar-refractivity contribution < 1.29 is 4.74 Å².